The molecule has 4 aromatic carbocycles. The van der Waals surface area contributed by atoms with Gasteiger partial charge in [0.1, 0.15) is 17.3 Å². The Morgan fingerprint density at radius 1 is 0.800 bits per heavy atom. The zero-order valence-electron chi connectivity index (χ0n) is 22.9. The molecule has 0 bridgehead atoms. The molecule has 0 aliphatic carbocycles. The normalized spacial score (nSPS) is 13.6. The maximum Gasteiger partial charge on any atom is 0.499 e. The highest BCUT2D eigenvalue weighted by atomic mass is 35.5. The van der Waals surface area contributed by atoms with Gasteiger partial charge in [0, 0.05) is 12.0 Å². The Hall–Kier alpha value is -4.39. The summed E-state index contributed by atoms with van der Waals surface area (Å²) in [6.45, 7) is 0. The lowest BCUT2D eigenvalue weighted by molar-refractivity contribution is -0.360. The highest BCUT2D eigenvalue weighted by molar-refractivity contribution is 6.32. The summed E-state index contributed by atoms with van der Waals surface area (Å²) in [5.41, 5.74) is -3.75. The third-order valence-electron chi connectivity index (χ3n) is 6.72. The average molecular weight is 662 g/mol. The van der Waals surface area contributed by atoms with Crippen LogP contribution in [0.5, 0.6) is 11.5 Å². The van der Waals surface area contributed by atoms with Gasteiger partial charge in [-0.1, -0.05) is 60.1 Å². The molecule has 4 nitrogen and oxygen atoms in total. The SMILES string of the molecule is COc1ccc([C@@](Cc2ccccc2)(NC(=O)c2ccc(F)c(C(F)(F)F)c2)c2cccc(OC(F)(F)C(F)(F)F)c2)cc1Cl. The van der Waals surface area contributed by atoms with Crippen molar-refractivity contribution in [2.75, 3.05) is 7.11 Å². The van der Waals surface area contributed by atoms with Gasteiger partial charge in [-0.05, 0) is 59.2 Å². The average Bonchev–Trinajstić information content (AvgIpc) is 2.96. The molecule has 0 aliphatic rings. The van der Waals surface area contributed by atoms with Gasteiger partial charge in [-0.15, -0.1) is 0 Å². The minimum atomic E-state index is -6.07. The fourth-order valence-corrected chi connectivity index (χ4v) is 4.83. The van der Waals surface area contributed by atoms with Crippen LogP contribution in [0.2, 0.25) is 5.02 Å². The van der Waals surface area contributed by atoms with E-state index in [4.69, 9.17) is 16.3 Å². The Morgan fingerprint density at radius 3 is 2.07 bits per heavy atom. The van der Waals surface area contributed by atoms with E-state index in [1.807, 2.05) is 0 Å². The quantitative estimate of drug-likeness (QED) is 0.182. The van der Waals surface area contributed by atoms with Gasteiger partial charge in [-0.3, -0.25) is 4.79 Å². The van der Waals surface area contributed by atoms with E-state index in [0.717, 1.165) is 24.3 Å². The molecule has 0 unspecified atom stereocenters. The molecule has 1 atom stereocenters. The van der Waals surface area contributed by atoms with Gasteiger partial charge in [0.2, 0.25) is 0 Å². The second-order valence-corrected chi connectivity index (χ2v) is 10.1. The van der Waals surface area contributed by atoms with Crippen molar-refractivity contribution in [2.24, 2.45) is 0 Å². The Kier molecular flexibility index (Phi) is 9.34. The number of halogens is 10. The number of ether oxygens (including phenoxy) is 2. The number of hydrogen-bond donors (Lipinski definition) is 1. The summed E-state index contributed by atoms with van der Waals surface area (Å²) < 4.78 is 130. The van der Waals surface area contributed by atoms with Crippen LogP contribution >= 0.6 is 11.6 Å². The van der Waals surface area contributed by atoms with E-state index in [2.05, 4.69) is 10.1 Å². The maximum atomic E-state index is 14.0. The van der Waals surface area contributed by atoms with E-state index in [1.165, 1.54) is 31.4 Å². The molecule has 0 saturated carbocycles. The van der Waals surface area contributed by atoms with Crippen molar-refractivity contribution >= 4 is 17.5 Å². The van der Waals surface area contributed by atoms with E-state index >= 15 is 0 Å². The van der Waals surface area contributed by atoms with Crippen LogP contribution in [0, 0.1) is 5.82 Å². The van der Waals surface area contributed by atoms with Gasteiger partial charge in [-0.25, -0.2) is 4.39 Å². The van der Waals surface area contributed by atoms with Crippen molar-refractivity contribution in [1.82, 2.24) is 5.32 Å². The lowest BCUT2D eigenvalue weighted by atomic mass is 9.77. The highest BCUT2D eigenvalue weighted by Crippen LogP contribution is 2.42. The maximum absolute atomic E-state index is 14.0. The molecule has 14 heteroatoms. The number of methoxy groups -OCH3 is 1. The minimum absolute atomic E-state index is 0.00108. The summed E-state index contributed by atoms with van der Waals surface area (Å²) in [5, 5.41) is 2.62. The fraction of sp³-hybridized carbons (Fsp3) is 0.194. The highest BCUT2D eigenvalue weighted by Gasteiger charge is 2.61. The molecule has 0 aliphatic heterocycles. The van der Waals surface area contributed by atoms with E-state index in [9.17, 15) is 44.3 Å². The lowest BCUT2D eigenvalue weighted by Crippen LogP contribution is -2.49. The van der Waals surface area contributed by atoms with Crippen molar-refractivity contribution in [3.8, 4) is 11.5 Å². The third kappa shape index (κ3) is 7.30. The van der Waals surface area contributed by atoms with E-state index < -0.39 is 52.6 Å². The minimum Gasteiger partial charge on any atom is -0.495 e. The summed E-state index contributed by atoms with van der Waals surface area (Å²) in [6.07, 6.45) is -17.0. The molecule has 4 rings (SSSR count). The molecule has 4 aromatic rings. The topological polar surface area (TPSA) is 47.6 Å². The first-order valence-electron chi connectivity index (χ1n) is 12.8. The number of amides is 1. The molecule has 1 amide bonds. The van der Waals surface area contributed by atoms with E-state index in [-0.39, 0.29) is 28.3 Å². The molecule has 1 N–H and O–H groups in total. The number of hydrogen-bond acceptors (Lipinski definition) is 3. The number of rotatable bonds is 9. The molecule has 0 spiro atoms. The van der Waals surface area contributed by atoms with Gasteiger partial charge in [-0.2, -0.15) is 35.1 Å². The number of carbonyl (C=O) groups excluding carboxylic acids is 1. The smallest absolute Gasteiger partial charge is 0.495 e. The summed E-state index contributed by atoms with van der Waals surface area (Å²) >= 11 is 6.38. The summed E-state index contributed by atoms with van der Waals surface area (Å²) in [4.78, 5) is 13.7. The zero-order valence-corrected chi connectivity index (χ0v) is 23.6. The summed E-state index contributed by atoms with van der Waals surface area (Å²) in [7, 11) is 1.31. The summed E-state index contributed by atoms with van der Waals surface area (Å²) in [6, 6.07) is 17.9. The predicted molar refractivity (Wildman–Crippen MR) is 146 cm³/mol. The van der Waals surface area contributed by atoms with Gasteiger partial charge in [0.15, 0.2) is 0 Å². The molecule has 0 radical (unpaired) electrons. The van der Waals surface area contributed by atoms with Gasteiger partial charge in [0.05, 0.1) is 23.2 Å². The van der Waals surface area contributed by atoms with Crippen molar-refractivity contribution in [1.29, 1.82) is 0 Å². The second-order valence-electron chi connectivity index (χ2n) is 9.71. The van der Waals surface area contributed by atoms with Crippen LogP contribution in [0.1, 0.15) is 32.6 Å². The Morgan fingerprint density at radius 2 is 1.47 bits per heavy atom. The third-order valence-corrected chi connectivity index (χ3v) is 7.02. The van der Waals surface area contributed by atoms with Crippen LogP contribution in [-0.2, 0) is 18.1 Å². The van der Waals surface area contributed by atoms with Gasteiger partial charge in [0.25, 0.3) is 5.91 Å². The second kappa shape index (κ2) is 12.5. The van der Waals surface area contributed by atoms with Crippen molar-refractivity contribution in [2.45, 2.75) is 30.4 Å². The Balaban J connectivity index is 1.96. The first-order valence-corrected chi connectivity index (χ1v) is 13.2. The monoisotopic (exact) mass is 661 g/mol. The molecule has 45 heavy (non-hydrogen) atoms. The Bertz CT molecular complexity index is 1680. The predicted octanol–water partition coefficient (Wildman–Crippen LogP) is 8.96. The van der Waals surface area contributed by atoms with Crippen molar-refractivity contribution in [3.05, 3.63) is 130 Å². The van der Waals surface area contributed by atoms with E-state index in [0.29, 0.717) is 17.7 Å². The number of nitrogens with one attached hydrogen (secondary N) is 1. The number of carbonyl (C=O) groups is 1. The molecular formula is C31H21ClF9NO3. The van der Waals surface area contributed by atoms with Crippen LogP contribution in [0.4, 0.5) is 39.5 Å². The van der Waals surface area contributed by atoms with Crippen molar-refractivity contribution < 1.29 is 53.8 Å². The lowest BCUT2D eigenvalue weighted by Gasteiger charge is -2.37. The number of benzene rings is 4. The van der Waals surface area contributed by atoms with Gasteiger partial charge < -0.3 is 14.8 Å². The molecule has 238 valence electrons. The molecular weight excluding hydrogens is 641 g/mol. The van der Waals surface area contributed by atoms with Crippen LogP contribution in [-0.4, -0.2) is 25.3 Å². The van der Waals surface area contributed by atoms with Gasteiger partial charge >= 0.3 is 18.5 Å². The number of alkyl halides is 8. The van der Waals surface area contributed by atoms with E-state index in [1.54, 1.807) is 30.3 Å². The zero-order chi connectivity index (χ0) is 33.2. The molecule has 0 heterocycles. The molecule has 0 fully saturated rings. The molecule has 0 aromatic heterocycles. The van der Waals surface area contributed by atoms with Crippen molar-refractivity contribution in [3.63, 3.8) is 0 Å². The Labute approximate surface area is 255 Å². The van der Waals surface area contributed by atoms with Crippen LogP contribution in [0.3, 0.4) is 0 Å². The largest absolute Gasteiger partial charge is 0.499 e. The van der Waals surface area contributed by atoms with Crippen LogP contribution in [0.25, 0.3) is 0 Å². The van der Waals surface area contributed by atoms with Crippen LogP contribution in [0.15, 0.2) is 91.0 Å². The molecule has 0 saturated heterocycles. The summed E-state index contributed by atoms with van der Waals surface area (Å²) in [5.74, 6) is -3.57. The standard InChI is InChI=1S/C31H21ClF9NO3/c1-44-26-13-11-21(16-24(26)32)28(17-18-6-3-2-4-7-18,20-8-5-9-22(15-20)45-31(40,41)30(37,38)39)42-27(43)19-10-12-25(33)23(14-19)29(34,35)36/h2-16H,17H2,1H3,(H,42,43)/t28-/m0/s1. The first kappa shape index (κ1) is 33.5. The fourth-order valence-electron chi connectivity index (χ4n) is 4.57. The first-order chi connectivity index (χ1) is 21.0. The van der Waals surface area contributed by atoms with Crippen LogP contribution < -0.4 is 14.8 Å².